The Morgan fingerprint density at radius 1 is 1.12 bits per heavy atom. The summed E-state index contributed by atoms with van der Waals surface area (Å²) in [7, 11) is 0. The fourth-order valence-electron chi connectivity index (χ4n) is 2.43. The van der Waals surface area contributed by atoms with Gasteiger partial charge in [-0.2, -0.15) is 4.80 Å². The summed E-state index contributed by atoms with van der Waals surface area (Å²) in [4.78, 5) is 18.2. The van der Waals surface area contributed by atoms with Crippen LogP contribution in [0.15, 0.2) is 54.7 Å². The van der Waals surface area contributed by atoms with Gasteiger partial charge in [0, 0.05) is 11.8 Å². The fraction of sp³-hybridized carbons (Fsp3) is 0.278. The number of aromatic nitrogens is 5. The van der Waals surface area contributed by atoms with Crippen LogP contribution in [0.4, 0.5) is 0 Å². The number of pyridine rings is 1. The molecule has 128 valence electrons. The molecule has 0 aliphatic heterocycles. The van der Waals surface area contributed by atoms with Gasteiger partial charge < -0.3 is 5.32 Å². The Hall–Kier alpha value is -3.09. The highest BCUT2D eigenvalue weighted by Crippen LogP contribution is 2.18. The molecule has 2 heterocycles. The molecule has 1 N–H and O–H groups in total. The molecule has 3 rings (SSSR count). The molecule has 0 aliphatic rings. The van der Waals surface area contributed by atoms with E-state index in [-0.39, 0.29) is 17.9 Å². The first-order valence-corrected chi connectivity index (χ1v) is 8.17. The summed E-state index contributed by atoms with van der Waals surface area (Å²) < 4.78 is 0. The van der Waals surface area contributed by atoms with Crippen LogP contribution in [0.5, 0.6) is 0 Å². The van der Waals surface area contributed by atoms with E-state index in [4.69, 9.17) is 0 Å². The summed E-state index contributed by atoms with van der Waals surface area (Å²) in [6, 6.07) is 14.5. The molecule has 3 aromatic rings. The summed E-state index contributed by atoms with van der Waals surface area (Å²) in [5.74, 6) is 0.468. The molecule has 0 radical (unpaired) electrons. The van der Waals surface area contributed by atoms with E-state index in [0.29, 0.717) is 17.9 Å². The van der Waals surface area contributed by atoms with E-state index < -0.39 is 0 Å². The molecule has 2 aromatic heterocycles. The SMILES string of the molecule is CC(C)C(NC(=O)c1ccccc1)c1nnn(Cc2ccccn2)n1. The third-order valence-electron chi connectivity index (χ3n) is 3.77. The number of rotatable bonds is 6. The maximum atomic E-state index is 12.4. The van der Waals surface area contributed by atoms with Gasteiger partial charge in [0.25, 0.3) is 5.91 Å². The van der Waals surface area contributed by atoms with Crippen molar-refractivity contribution in [3.8, 4) is 0 Å². The summed E-state index contributed by atoms with van der Waals surface area (Å²) in [6.45, 7) is 4.45. The highest BCUT2D eigenvalue weighted by Gasteiger charge is 2.23. The second kappa shape index (κ2) is 7.65. The lowest BCUT2D eigenvalue weighted by Gasteiger charge is -2.19. The van der Waals surface area contributed by atoms with Crippen molar-refractivity contribution in [2.45, 2.75) is 26.4 Å². The standard InChI is InChI=1S/C18H20N6O/c1-13(2)16(20-18(25)14-8-4-3-5-9-14)17-21-23-24(22-17)12-15-10-6-7-11-19-15/h3-11,13,16H,12H2,1-2H3,(H,20,25). The molecule has 1 atom stereocenters. The number of carbonyl (C=O) groups excluding carboxylic acids is 1. The van der Waals surface area contributed by atoms with Gasteiger partial charge in [0.15, 0.2) is 5.82 Å². The normalized spacial score (nSPS) is 12.1. The van der Waals surface area contributed by atoms with Crippen molar-refractivity contribution >= 4 is 5.91 Å². The third-order valence-corrected chi connectivity index (χ3v) is 3.77. The highest BCUT2D eigenvalue weighted by molar-refractivity contribution is 5.94. The van der Waals surface area contributed by atoms with E-state index in [1.165, 1.54) is 4.80 Å². The predicted molar refractivity (Wildman–Crippen MR) is 92.6 cm³/mol. The van der Waals surface area contributed by atoms with Gasteiger partial charge >= 0.3 is 0 Å². The van der Waals surface area contributed by atoms with Crippen LogP contribution in [-0.2, 0) is 6.54 Å². The van der Waals surface area contributed by atoms with Gasteiger partial charge in [-0.05, 0) is 35.4 Å². The minimum absolute atomic E-state index is 0.125. The smallest absolute Gasteiger partial charge is 0.251 e. The van der Waals surface area contributed by atoms with Gasteiger partial charge in [0.05, 0.1) is 11.7 Å². The zero-order chi connectivity index (χ0) is 17.6. The van der Waals surface area contributed by atoms with Gasteiger partial charge in [-0.25, -0.2) is 0 Å². The first-order valence-electron chi connectivity index (χ1n) is 8.17. The molecule has 1 amide bonds. The molecular formula is C18H20N6O. The largest absolute Gasteiger partial charge is 0.342 e. The van der Waals surface area contributed by atoms with Gasteiger partial charge in [-0.15, -0.1) is 10.2 Å². The third kappa shape index (κ3) is 4.26. The second-order valence-electron chi connectivity index (χ2n) is 6.06. The number of amides is 1. The molecule has 0 aliphatic carbocycles. The van der Waals surface area contributed by atoms with Crippen LogP contribution >= 0.6 is 0 Å². The number of hydrogen-bond acceptors (Lipinski definition) is 5. The Balaban J connectivity index is 1.74. The fourth-order valence-corrected chi connectivity index (χ4v) is 2.43. The van der Waals surface area contributed by atoms with Crippen molar-refractivity contribution in [1.82, 2.24) is 30.5 Å². The van der Waals surface area contributed by atoms with E-state index in [1.807, 2.05) is 50.2 Å². The van der Waals surface area contributed by atoms with Crippen molar-refractivity contribution in [2.24, 2.45) is 5.92 Å². The van der Waals surface area contributed by atoms with E-state index in [0.717, 1.165) is 5.69 Å². The highest BCUT2D eigenvalue weighted by atomic mass is 16.1. The molecule has 0 bridgehead atoms. The Bertz CT molecular complexity index is 816. The lowest BCUT2D eigenvalue weighted by Crippen LogP contribution is -2.32. The van der Waals surface area contributed by atoms with Crippen molar-refractivity contribution in [2.75, 3.05) is 0 Å². The van der Waals surface area contributed by atoms with Gasteiger partial charge in [-0.1, -0.05) is 38.1 Å². The van der Waals surface area contributed by atoms with E-state index in [9.17, 15) is 4.79 Å². The van der Waals surface area contributed by atoms with Gasteiger partial charge in [0.1, 0.15) is 6.54 Å². The summed E-state index contributed by atoms with van der Waals surface area (Å²) in [6.07, 6.45) is 1.73. The topological polar surface area (TPSA) is 85.6 Å². The second-order valence-corrected chi connectivity index (χ2v) is 6.06. The molecule has 7 nitrogen and oxygen atoms in total. The van der Waals surface area contributed by atoms with Crippen LogP contribution < -0.4 is 5.32 Å². The summed E-state index contributed by atoms with van der Waals surface area (Å²) in [5.41, 5.74) is 1.45. The van der Waals surface area contributed by atoms with E-state index >= 15 is 0 Å². The Kier molecular flexibility index (Phi) is 5.13. The molecule has 0 spiro atoms. The van der Waals surface area contributed by atoms with Crippen molar-refractivity contribution < 1.29 is 4.79 Å². The van der Waals surface area contributed by atoms with Crippen molar-refractivity contribution in [3.63, 3.8) is 0 Å². The molecule has 25 heavy (non-hydrogen) atoms. The number of hydrogen-bond donors (Lipinski definition) is 1. The number of tetrazole rings is 1. The molecule has 7 heteroatoms. The number of benzene rings is 1. The van der Waals surface area contributed by atoms with Crippen LogP contribution in [0, 0.1) is 5.92 Å². The number of carbonyl (C=O) groups is 1. The average Bonchev–Trinajstić information content (AvgIpc) is 3.09. The Morgan fingerprint density at radius 3 is 2.56 bits per heavy atom. The molecule has 1 unspecified atom stereocenters. The monoisotopic (exact) mass is 336 g/mol. The zero-order valence-corrected chi connectivity index (χ0v) is 14.2. The zero-order valence-electron chi connectivity index (χ0n) is 14.2. The quantitative estimate of drug-likeness (QED) is 0.746. The maximum Gasteiger partial charge on any atom is 0.251 e. The van der Waals surface area contributed by atoms with E-state index in [2.05, 4.69) is 25.7 Å². The van der Waals surface area contributed by atoms with Crippen LogP contribution in [0.1, 0.15) is 41.8 Å². The predicted octanol–water partition coefficient (Wildman–Crippen LogP) is 2.24. The molecule has 0 fully saturated rings. The van der Waals surface area contributed by atoms with Gasteiger partial charge in [-0.3, -0.25) is 9.78 Å². The summed E-state index contributed by atoms with van der Waals surface area (Å²) in [5, 5.41) is 15.6. The average molecular weight is 336 g/mol. The maximum absolute atomic E-state index is 12.4. The van der Waals surface area contributed by atoms with Crippen LogP contribution in [-0.4, -0.2) is 31.1 Å². The van der Waals surface area contributed by atoms with Crippen LogP contribution in [0.3, 0.4) is 0 Å². The Labute approximate surface area is 146 Å². The lowest BCUT2D eigenvalue weighted by molar-refractivity contribution is 0.0923. The lowest BCUT2D eigenvalue weighted by atomic mass is 10.0. The van der Waals surface area contributed by atoms with Gasteiger partial charge in [0.2, 0.25) is 0 Å². The number of nitrogens with zero attached hydrogens (tertiary/aromatic N) is 5. The van der Waals surface area contributed by atoms with Crippen LogP contribution in [0.2, 0.25) is 0 Å². The summed E-state index contributed by atoms with van der Waals surface area (Å²) >= 11 is 0. The molecule has 0 saturated carbocycles. The first-order chi connectivity index (χ1) is 12.1. The molecule has 1 aromatic carbocycles. The van der Waals surface area contributed by atoms with E-state index in [1.54, 1.807) is 18.3 Å². The Morgan fingerprint density at radius 2 is 1.88 bits per heavy atom. The van der Waals surface area contributed by atoms with Crippen LogP contribution in [0.25, 0.3) is 0 Å². The van der Waals surface area contributed by atoms with Crippen molar-refractivity contribution in [1.29, 1.82) is 0 Å². The molecular weight excluding hydrogens is 316 g/mol. The van der Waals surface area contributed by atoms with Crippen molar-refractivity contribution in [3.05, 3.63) is 71.8 Å². The minimum atomic E-state index is -0.315. The minimum Gasteiger partial charge on any atom is -0.342 e. The first kappa shape index (κ1) is 16.8. The molecule has 0 saturated heterocycles. The number of nitrogens with one attached hydrogen (secondary N) is 1.